The van der Waals surface area contributed by atoms with Gasteiger partial charge in [-0.3, -0.25) is 9.59 Å². The molecule has 148 valence electrons. The van der Waals surface area contributed by atoms with Crippen LogP contribution >= 0.6 is 0 Å². The maximum Gasteiger partial charge on any atom is 0.262 e. The Hall–Kier alpha value is -3.22. The number of hydrogen-bond acceptors (Lipinski definition) is 4. The van der Waals surface area contributed by atoms with Crippen molar-refractivity contribution in [2.75, 3.05) is 7.11 Å². The number of hydrazone groups is 1. The van der Waals surface area contributed by atoms with Crippen LogP contribution < -0.4 is 15.5 Å². The van der Waals surface area contributed by atoms with E-state index in [2.05, 4.69) is 15.8 Å². The molecule has 0 aliphatic rings. The van der Waals surface area contributed by atoms with Crippen LogP contribution in [0.3, 0.4) is 0 Å². The summed E-state index contributed by atoms with van der Waals surface area (Å²) in [5, 5.41) is 6.65. The number of hydrogen-bond donors (Lipinski definition) is 2. The van der Waals surface area contributed by atoms with Crippen molar-refractivity contribution >= 4 is 18.0 Å². The van der Waals surface area contributed by atoms with Gasteiger partial charge in [0.2, 0.25) is 0 Å². The lowest BCUT2D eigenvalue weighted by atomic mass is 10.0. The highest BCUT2D eigenvalue weighted by Gasteiger charge is 2.24. The first-order chi connectivity index (χ1) is 13.3. The quantitative estimate of drug-likeness (QED) is 0.568. The molecule has 0 aliphatic carbocycles. The standard InChI is InChI=1S/C21H24FN3O3/c1-13(2)19(24-20(26)15-5-8-17(22)9-6-15)21(27)25-23-12-16-7-10-18(28-4)11-14(16)3/h5-13,19H,1-4H3,(H,24,26)(H,25,27). The lowest BCUT2D eigenvalue weighted by Gasteiger charge is -2.20. The van der Waals surface area contributed by atoms with Gasteiger partial charge in [0, 0.05) is 5.56 Å². The highest BCUT2D eigenvalue weighted by Crippen LogP contribution is 2.15. The number of carbonyl (C=O) groups excluding carboxylic acids is 2. The fourth-order valence-corrected chi connectivity index (χ4v) is 2.52. The number of ether oxygens (including phenoxy) is 1. The van der Waals surface area contributed by atoms with Gasteiger partial charge < -0.3 is 10.1 Å². The molecule has 1 unspecified atom stereocenters. The number of benzene rings is 2. The second-order valence-corrected chi connectivity index (χ2v) is 6.66. The van der Waals surface area contributed by atoms with Crippen LogP contribution in [0.5, 0.6) is 5.75 Å². The van der Waals surface area contributed by atoms with Crippen molar-refractivity contribution in [2.24, 2.45) is 11.0 Å². The number of nitrogens with zero attached hydrogens (tertiary/aromatic N) is 1. The van der Waals surface area contributed by atoms with Crippen LogP contribution in [0.25, 0.3) is 0 Å². The third-order valence-corrected chi connectivity index (χ3v) is 4.20. The molecule has 7 heteroatoms. The molecular formula is C21H24FN3O3. The van der Waals surface area contributed by atoms with Crippen molar-refractivity contribution in [1.82, 2.24) is 10.7 Å². The largest absolute Gasteiger partial charge is 0.497 e. The summed E-state index contributed by atoms with van der Waals surface area (Å²) in [5.41, 5.74) is 4.51. The van der Waals surface area contributed by atoms with E-state index in [1.807, 2.05) is 32.9 Å². The van der Waals surface area contributed by atoms with Gasteiger partial charge in [-0.05, 0) is 66.4 Å². The first kappa shape index (κ1) is 21.1. The molecule has 2 aromatic rings. The zero-order valence-electron chi connectivity index (χ0n) is 16.3. The minimum absolute atomic E-state index is 0.165. The summed E-state index contributed by atoms with van der Waals surface area (Å²) < 4.78 is 18.2. The molecule has 0 aromatic heterocycles. The predicted molar refractivity (Wildman–Crippen MR) is 106 cm³/mol. The monoisotopic (exact) mass is 385 g/mol. The molecular weight excluding hydrogens is 361 g/mol. The zero-order chi connectivity index (χ0) is 20.7. The Balaban J connectivity index is 2.02. The number of nitrogens with one attached hydrogen (secondary N) is 2. The fraction of sp³-hybridized carbons (Fsp3) is 0.286. The van der Waals surface area contributed by atoms with E-state index in [9.17, 15) is 14.0 Å². The zero-order valence-corrected chi connectivity index (χ0v) is 16.3. The first-order valence-electron chi connectivity index (χ1n) is 8.85. The molecule has 0 radical (unpaired) electrons. The second kappa shape index (κ2) is 9.64. The third-order valence-electron chi connectivity index (χ3n) is 4.20. The molecule has 2 amide bonds. The van der Waals surface area contributed by atoms with E-state index in [4.69, 9.17) is 4.74 Å². The first-order valence-corrected chi connectivity index (χ1v) is 8.85. The highest BCUT2D eigenvalue weighted by atomic mass is 19.1. The van der Waals surface area contributed by atoms with Gasteiger partial charge in [-0.1, -0.05) is 13.8 Å². The van der Waals surface area contributed by atoms with Crippen molar-refractivity contribution in [2.45, 2.75) is 26.8 Å². The molecule has 2 aromatic carbocycles. The van der Waals surface area contributed by atoms with Crippen molar-refractivity contribution in [3.05, 3.63) is 65.0 Å². The summed E-state index contributed by atoms with van der Waals surface area (Å²) in [7, 11) is 1.59. The number of aryl methyl sites for hydroxylation is 1. The molecule has 0 saturated carbocycles. The van der Waals surface area contributed by atoms with Gasteiger partial charge >= 0.3 is 0 Å². The van der Waals surface area contributed by atoms with Gasteiger partial charge in [-0.15, -0.1) is 0 Å². The van der Waals surface area contributed by atoms with E-state index >= 15 is 0 Å². The van der Waals surface area contributed by atoms with Crippen molar-refractivity contribution in [1.29, 1.82) is 0 Å². The summed E-state index contributed by atoms with van der Waals surface area (Å²) >= 11 is 0. The topological polar surface area (TPSA) is 79.8 Å². The molecule has 1 atom stereocenters. The second-order valence-electron chi connectivity index (χ2n) is 6.66. The number of methoxy groups -OCH3 is 1. The molecule has 28 heavy (non-hydrogen) atoms. The number of carbonyl (C=O) groups is 2. The Morgan fingerprint density at radius 2 is 1.82 bits per heavy atom. The minimum atomic E-state index is -0.785. The third kappa shape index (κ3) is 5.64. The summed E-state index contributed by atoms with van der Waals surface area (Å²) in [6.45, 7) is 5.53. The number of amides is 2. The lowest BCUT2D eigenvalue weighted by Crippen LogP contribution is -2.48. The van der Waals surface area contributed by atoms with E-state index in [0.717, 1.165) is 16.9 Å². The Morgan fingerprint density at radius 3 is 2.39 bits per heavy atom. The Morgan fingerprint density at radius 1 is 1.14 bits per heavy atom. The fourth-order valence-electron chi connectivity index (χ4n) is 2.52. The van der Waals surface area contributed by atoms with Crippen LogP contribution in [0.15, 0.2) is 47.6 Å². The van der Waals surface area contributed by atoms with Gasteiger partial charge in [-0.25, -0.2) is 9.82 Å². The van der Waals surface area contributed by atoms with Crippen LogP contribution in [-0.2, 0) is 4.79 Å². The number of rotatable bonds is 7. The van der Waals surface area contributed by atoms with Crippen molar-refractivity contribution in [3.8, 4) is 5.75 Å². The van der Waals surface area contributed by atoms with Crippen LogP contribution in [-0.4, -0.2) is 31.2 Å². The van der Waals surface area contributed by atoms with E-state index < -0.39 is 23.7 Å². The summed E-state index contributed by atoms with van der Waals surface area (Å²) in [6.07, 6.45) is 1.53. The normalized spacial score (nSPS) is 12.1. The van der Waals surface area contributed by atoms with Crippen molar-refractivity contribution < 1.29 is 18.7 Å². The number of halogens is 1. The van der Waals surface area contributed by atoms with Gasteiger partial charge in [-0.2, -0.15) is 5.10 Å². The van der Waals surface area contributed by atoms with Crippen LogP contribution in [0.1, 0.15) is 35.3 Å². The highest BCUT2D eigenvalue weighted by molar-refractivity contribution is 5.97. The maximum atomic E-state index is 13.0. The van der Waals surface area contributed by atoms with Crippen LogP contribution in [0.2, 0.25) is 0 Å². The molecule has 2 N–H and O–H groups in total. The Labute approximate surface area is 163 Å². The van der Waals surface area contributed by atoms with Crippen LogP contribution in [0, 0.1) is 18.7 Å². The molecule has 6 nitrogen and oxygen atoms in total. The van der Waals surface area contributed by atoms with E-state index in [1.165, 1.54) is 30.5 Å². The van der Waals surface area contributed by atoms with Gasteiger partial charge in [0.15, 0.2) is 0 Å². The molecule has 2 rings (SSSR count). The van der Waals surface area contributed by atoms with E-state index in [-0.39, 0.29) is 11.5 Å². The summed E-state index contributed by atoms with van der Waals surface area (Å²) in [4.78, 5) is 24.8. The minimum Gasteiger partial charge on any atom is -0.497 e. The van der Waals surface area contributed by atoms with Gasteiger partial charge in [0.05, 0.1) is 13.3 Å². The lowest BCUT2D eigenvalue weighted by molar-refractivity contribution is -0.123. The van der Waals surface area contributed by atoms with E-state index in [0.29, 0.717) is 0 Å². The molecule has 0 spiro atoms. The predicted octanol–water partition coefficient (Wildman–Crippen LogP) is 3.05. The molecule has 0 saturated heterocycles. The molecule has 0 fully saturated rings. The maximum absolute atomic E-state index is 13.0. The Bertz CT molecular complexity index is 864. The van der Waals surface area contributed by atoms with Crippen molar-refractivity contribution in [3.63, 3.8) is 0 Å². The average molecular weight is 385 g/mol. The molecule has 0 heterocycles. The SMILES string of the molecule is COc1ccc(C=NNC(=O)C(NC(=O)c2ccc(F)cc2)C(C)C)c(C)c1. The van der Waals surface area contributed by atoms with Gasteiger partial charge in [0.1, 0.15) is 17.6 Å². The summed E-state index contributed by atoms with van der Waals surface area (Å²) in [6, 6.07) is 9.84. The van der Waals surface area contributed by atoms with Gasteiger partial charge in [0.25, 0.3) is 11.8 Å². The van der Waals surface area contributed by atoms with E-state index in [1.54, 1.807) is 13.2 Å². The Kier molecular flexibility index (Phi) is 7.26. The molecule has 0 aliphatic heterocycles. The smallest absolute Gasteiger partial charge is 0.262 e. The van der Waals surface area contributed by atoms with Crippen LogP contribution in [0.4, 0.5) is 4.39 Å². The average Bonchev–Trinajstić information content (AvgIpc) is 2.67. The summed E-state index contributed by atoms with van der Waals surface area (Å²) in [5.74, 6) is -0.751. The molecule has 0 bridgehead atoms.